The van der Waals surface area contributed by atoms with Gasteiger partial charge in [-0.15, -0.1) is 0 Å². The maximum atomic E-state index is 11.8. The highest BCUT2D eigenvalue weighted by Crippen LogP contribution is 2.21. The van der Waals surface area contributed by atoms with Crippen LogP contribution in [-0.4, -0.2) is 38.4 Å². The molecule has 0 aliphatic carbocycles. The predicted molar refractivity (Wildman–Crippen MR) is 72.9 cm³/mol. The molecule has 1 aromatic carbocycles. The van der Waals surface area contributed by atoms with Crippen LogP contribution in [0, 0.1) is 0 Å². The fourth-order valence-electron chi connectivity index (χ4n) is 1.45. The lowest BCUT2D eigenvalue weighted by molar-refractivity contribution is -0.174. The second-order valence-electron chi connectivity index (χ2n) is 4.15. The summed E-state index contributed by atoms with van der Waals surface area (Å²) in [5.74, 6) is -1.23. The van der Waals surface area contributed by atoms with Gasteiger partial charge >= 0.3 is 12.1 Å². The molecular formula is C13H13ClF3NO4. The standard InChI is InChI=1S/C13H13ClF3NO4/c1-21-12(20)9-6-8(2-3-10(9)14)18-11(19)4-5-22-7-13(15,16)17/h2-3,6H,4-5,7H2,1H3,(H,18,19). The van der Waals surface area contributed by atoms with Crippen molar-refractivity contribution in [3.8, 4) is 0 Å². The number of anilines is 1. The maximum Gasteiger partial charge on any atom is 0.411 e. The number of esters is 1. The van der Waals surface area contributed by atoms with Crippen LogP contribution in [-0.2, 0) is 14.3 Å². The SMILES string of the molecule is COC(=O)c1cc(NC(=O)CCOCC(F)(F)F)ccc1Cl. The van der Waals surface area contributed by atoms with E-state index in [-0.39, 0.29) is 29.3 Å². The first-order chi connectivity index (χ1) is 10.2. The van der Waals surface area contributed by atoms with Gasteiger partial charge in [0, 0.05) is 5.69 Å². The maximum absolute atomic E-state index is 11.8. The topological polar surface area (TPSA) is 64.6 Å². The molecule has 1 N–H and O–H groups in total. The van der Waals surface area contributed by atoms with Gasteiger partial charge in [-0.2, -0.15) is 13.2 Å². The summed E-state index contributed by atoms with van der Waals surface area (Å²) in [6.45, 7) is -1.78. The Balaban J connectivity index is 2.53. The highest BCUT2D eigenvalue weighted by molar-refractivity contribution is 6.33. The predicted octanol–water partition coefficient (Wildman–Crippen LogP) is 3.03. The van der Waals surface area contributed by atoms with E-state index < -0.39 is 24.7 Å². The van der Waals surface area contributed by atoms with Gasteiger partial charge in [0.15, 0.2) is 0 Å². The summed E-state index contributed by atoms with van der Waals surface area (Å²) in [6.07, 6.45) is -4.69. The van der Waals surface area contributed by atoms with Crippen molar-refractivity contribution >= 4 is 29.2 Å². The minimum atomic E-state index is -4.43. The van der Waals surface area contributed by atoms with Gasteiger partial charge in [-0.05, 0) is 18.2 Å². The van der Waals surface area contributed by atoms with Crippen molar-refractivity contribution in [2.75, 3.05) is 25.6 Å². The summed E-state index contributed by atoms with van der Waals surface area (Å²) in [5, 5.41) is 2.57. The highest BCUT2D eigenvalue weighted by Gasteiger charge is 2.27. The molecule has 0 saturated carbocycles. The van der Waals surface area contributed by atoms with Crippen LogP contribution in [0.2, 0.25) is 5.02 Å². The average Bonchev–Trinajstić information content (AvgIpc) is 2.44. The number of hydrogen-bond acceptors (Lipinski definition) is 4. The summed E-state index contributed by atoms with van der Waals surface area (Å²) in [4.78, 5) is 23.0. The average molecular weight is 340 g/mol. The van der Waals surface area contributed by atoms with Crippen molar-refractivity contribution in [2.24, 2.45) is 0 Å². The van der Waals surface area contributed by atoms with E-state index in [9.17, 15) is 22.8 Å². The number of methoxy groups -OCH3 is 1. The van der Waals surface area contributed by atoms with E-state index in [1.165, 1.54) is 25.3 Å². The van der Waals surface area contributed by atoms with Crippen molar-refractivity contribution in [1.82, 2.24) is 0 Å². The zero-order valence-electron chi connectivity index (χ0n) is 11.5. The molecule has 0 radical (unpaired) electrons. The summed E-state index contributed by atoms with van der Waals surface area (Å²) in [7, 11) is 1.18. The van der Waals surface area contributed by atoms with E-state index >= 15 is 0 Å². The van der Waals surface area contributed by atoms with E-state index in [0.717, 1.165) is 0 Å². The van der Waals surface area contributed by atoms with Crippen LogP contribution >= 0.6 is 11.6 Å². The monoisotopic (exact) mass is 339 g/mol. The molecule has 0 spiro atoms. The number of alkyl halides is 3. The van der Waals surface area contributed by atoms with E-state index in [4.69, 9.17) is 11.6 Å². The van der Waals surface area contributed by atoms with Gasteiger partial charge in [-0.1, -0.05) is 11.6 Å². The minimum Gasteiger partial charge on any atom is -0.465 e. The van der Waals surface area contributed by atoms with Gasteiger partial charge in [0.2, 0.25) is 5.91 Å². The molecule has 0 saturated heterocycles. The lowest BCUT2D eigenvalue weighted by atomic mass is 10.2. The molecule has 0 aromatic heterocycles. The third kappa shape index (κ3) is 6.31. The number of amides is 1. The number of benzene rings is 1. The van der Waals surface area contributed by atoms with E-state index in [1.807, 2.05) is 0 Å². The van der Waals surface area contributed by atoms with E-state index in [1.54, 1.807) is 0 Å². The van der Waals surface area contributed by atoms with Crippen molar-refractivity contribution in [3.05, 3.63) is 28.8 Å². The smallest absolute Gasteiger partial charge is 0.411 e. The summed E-state index contributed by atoms with van der Waals surface area (Å²) in [6, 6.07) is 4.15. The van der Waals surface area contributed by atoms with Gasteiger partial charge in [-0.25, -0.2) is 4.79 Å². The zero-order chi connectivity index (χ0) is 16.8. The Bertz CT molecular complexity index is 549. The van der Waals surface area contributed by atoms with E-state index in [0.29, 0.717) is 0 Å². The number of hydrogen-bond donors (Lipinski definition) is 1. The molecule has 5 nitrogen and oxygen atoms in total. The van der Waals surface area contributed by atoms with Gasteiger partial charge in [0.1, 0.15) is 6.61 Å². The van der Waals surface area contributed by atoms with Crippen LogP contribution < -0.4 is 5.32 Å². The molecule has 1 rings (SSSR count). The number of nitrogens with one attached hydrogen (secondary N) is 1. The first-order valence-corrected chi connectivity index (χ1v) is 6.43. The Morgan fingerprint density at radius 3 is 2.59 bits per heavy atom. The summed E-state index contributed by atoms with van der Waals surface area (Å²) in [5.41, 5.74) is 0.334. The Morgan fingerprint density at radius 2 is 2.00 bits per heavy atom. The molecule has 0 fully saturated rings. The minimum absolute atomic E-state index is 0.0651. The molecule has 22 heavy (non-hydrogen) atoms. The number of carbonyl (C=O) groups is 2. The lowest BCUT2D eigenvalue weighted by Gasteiger charge is -2.09. The van der Waals surface area contributed by atoms with Crippen molar-refractivity contribution in [3.63, 3.8) is 0 Å². The first kappa shape index (κ1) is 18.2. The third-order valence-corrected chi connectivity index (χ3v) is 2.72. The quantitative estimate of drug-likeness (QED) is 0.639. The van der Waals surface area contributed by atoms with Gasteiger partial charge in [0.25, 0.3) is 0 Å². The fraction of sp³-hybridized carbons (Fsp3) is 0.385. The second-order valence-corrected chi connectivity index (χ2v) is 4.56. The van der Waals surface area contributed by atoms with Crippen LogP contribution in [0.5, 0.6) is 0 Å². The summed E-state index contributed by atoms with van der Waals surface area (Å²) < 4.78 is 44.4. The van der Waals surface area contributed by atoms with Crippen LogP contribution in [0.4, 0.5) is 18.9 Å². The Morgan fingerprint density at radius 1 is 1.32 bits per heavy atom. The molecule has 0 bridgehead atoms. The molecule has 1 aromatic rings. The Hall–Kier alpha value is -1.80. The molecule has 9 heteroatoms. The normalized spacial score (nSPS) is 11.1. The van der Waals surface area contributed by atoms with E-state index in [2.05, 4.69) is 14.8 Å². The van der Waals surface area contributed by atoms with Crippen LogP contribution in [0.3, 0.4) is 0 Å². The van der Waals surface area contributed by atoms with Crippen LogP contribution in [0.1, 0.15) is 16.8 Å². The van der Waals surface area contributed by atoms with Crippen LogP contribution in [0.15, 0.2) is 18.2 Å². The van der Waals surface area contributed by atoms with Gasteiger partial charge in [0.05, 0.1) is 30.7 Å². The number of rotatable bonds is 6. The molecule has 0 aliphatic rings. The zero-order valence-corrected chi connectivity index (χ0v) is 12.3. The number of ether oxygens (including phenoxy) is 2. The van der Waals surface area contributed by atoms with Gasteiger partial charge < -0.3 is 14.8 Å². The molecule has 0 heterocycles. The molecule has 0 aliphatic heterocycles. The Kier molecular flexibility index (Phi) is 6.63. The lowest BCUT2D eigenvalue weighted by Crippen LogP contribution is -2.20. The van der Waals surface area contributed by atoms with Crippen LogP contribution in [0.25, 0.3) is 0 Å². The van der Waals surface area contributed by atoms with Crippen molar-refractivity contribution < 1.29 is 32.2 Å². The summed E-state index contributed by atoms with van der Waals surface area (Å²) >= 11 is 5.81. The number of carbonyl (C=O) groups excluding carboxylic acids is 2. The highest BCUT2D eigenvalue weighted by atomic mass is 35.5. The Labute approximate surface area is 129 Å². The first-order valence-electron chi connectivity index (χ1n) is 6.05. The molecule has 1 amide bonds. The number of halogens is 4. The van der Waals surface area contributed by atoms with Crippen molar-refractivity contribution in [2.45, 2.75) is 12.6 Å². The third-order valence-electron chi connectivity index (χ3n) is 2.39. The van der Waals surface area contributed by atoms with Crippen molar-refractivity contribution in [1.29, 1.82) is 0 Å². The fourth-order valence-corrected chi connectivity index (χ4v) is 1.64. The largest absolute Gasteiger partial charge is 0.465 e. The molecule has 122 valence electrons. The second kappa shape index (κ2) is 8.00. The molecule has 0 unspecified atom stereocenters. The molecular weight excluding hydrogens is 327 g/mol. The molecule has 0 atom stereocenters. The van der Waals surface area contributed by atoms with Gasteiger partial charge in [-0.3, -0.25) is 4.79 Å².